The Kier molecular flexibility index (Phi) is 6.01. The van der Waals surface area contributed by atoms with Gasteiger partial charge in [0, 0.05) is 42.7 Å². The van der Waals surface area contributed by atoms with Crippen molar-refractivity contribution < 1.29 is 0 Å². The number of rotatable bonds is 7. The molecule has 4 nitrogen and oxygen atoms in total. The van der Waals surface area contributed by atoms with Crippen LogP contribution in [0.15, 0.2) is 66.3 Å². The van der Waals surface area contributed by atoms with Gasteiger partial charge in [-0.25, -0.2) is 0 Å². The van der Waals surface area contributed by atoms with Gasteiger partial charge in [0.25, 0.3) is 0 Å². The Hall–Kier alpha value is -2.24. The van der Waals surface area contributed by atoms with E-state index in [2.05, 4.69) is 50.5 Å². The Morgan fingerprint density at radius 1 is 1.12 bits per heavy atom. The fourth-order valence-corrected chi connectivity index (χ4v) is 3.80. The van der Waals surface area contributed by atoms with E-state index in [0.717, 1.165) is 38.6 Å². The zero-order chi connectivity index (χ0) is 18.5. The summed E-state index contributed by atoms with van der Waals surface area (Å²) in [5, 5.41) is 10.4. The summed E-state index contributed by atoms with van der Waals surface area (Å²) >= 11 is 7.88. The first-order valence-electron chi connectivity index (χ1n) is 8.28. The maximum atomic E-state index is 6.26. The molecule has 0 unspecified atom stereocenters. The summed E-state index contributed by atoms with van der Waals surface area (Å²) in [6.07, 6.45) is 1.86. The highest BCUT2D eigenvalue weighted by atomic mass is 35.5. The van der Waals surface area contributed by atoms with E-state index in [1.54, 1.807) is 11.8 Å². The third-order valence-corrected chi connectivity index (χ3v) is 5.37. The molecule has 3 rings (SSSR count). The van der Waals surface area contributed by atoms with E-state index in [-0.39, 0.29) is 0 Å². The lowest BCUT2D eigenvalue weighted by molar-refractivity contribution is 0.731. The van der Waals surface area contributed by atoms with Gasteiger partial charge in [0.2, 0.25) is 0 Å². The fraction of sp³-hybridized carbons (Fsp3) is 0.200. The lowest BCUT2D eigenvalue weighted by Crippen LogP contribution is -2.08. The second kappa shape index (κ2) is 8.43. The molecule has 0 spiro atoms. The lowest BCUT2D eigenvalue weighted by Gasteiger charge is -2.13. The van der Waals surface area contributed by atoms with Gasteiger partial charge in [-0.3, -0.25) is 4.57 Å². The Labute approximate surface area is 163 Å². The molecule has 0 aliphatic carbocycles. The first-order chi connectivity index (χ1) is 12.6. The second-order valence-electron chi connectivity index (χ2n) is 6.03. The predicted octanol–water partition coefficient (Wildman–Crippen LogP) is 5.14. The van der Waals surface area contributed by atoms with Crippen LogP contribution in [0.1, 0.15) is 5.56 Å². The minimum absolute atomic E-state index is 0.655. The van der Waals surface area contributed by atoms with E-state index < -0.39 is 0 Å². The van der Waals surface area contributed by atoms with Gasteiger partial charge in [-0.15, -0.1) is 16.8 Å². The number of anilines is 1. The molecule has 2 aromatic carbocycles. The quantitative estimate of drug-likeness (QED) is 0.417. The van der Waals surface area contributed by atoms with Crippen molar-refractivity contribution in [1.82, 2.24) is 14.8 Å². The monoisotopic (exact) mass is 384 g/mol. The molecule has 134 valence electrons. The van der Waals surface area contributed by atoms with Crippen molar-refractivity contribution in [3.63, 3.8) is 0 Å². The number of aromatic nitrogens is 3. The smallest absolute Gasteiger partial charge is 0.192 e. The van der Waals surface area contributed by atoms with E-state index in [1.807, 2.05) is 44.4 Å². The van der Waals surface area contributed by atoms with E-state index in [1.165, 1.54) is 0 Å². The molecule has 6 heteroatoms. The third kappa shape index (κ3) is 4.11. The molecule has 0 radical (unpaired) electrons. The maximum absolute atomic E-state index is 6.26. The number of thioether (sulfide) groups is 1. The van der Waals surface area contributed by atoms with Crippen LogP contribution in [0.5, 0.6) is 0 Å². The number of nitrogens with zero attached hydrogens (tertiary/aromatic N) is 4. The molecule has 3 aromatic rings. The van der Waals surface area contributed by atoms with E-state index in [4.69, 9.17) is 11.6 Å². The molecule has 0 N–H and O–H groups in total. The Balaban J connectivity index is 1.86. The van der Waals surface area contributed by atoms with Crippen LogP contribution in [-0.2, 0) is 12.3 Å². The molecule has 0 aliphatic rings. The minimum Gasteiger partial charge on any atom is -0.378 e. The maximum Gasteiger partial charge on any atom is 0.192 e. The van der Waals surface area contributed by atoms with E-state index in [9.17, 15) is 0 Å². The predicted molar refractivity (Wildman–Crippen MR) is 111 cm³/mol. The highest BCUT2D eigenvalue weighted by Gasteiger charge is 2.14. The largest absolute Gasteiger partial charge is 0.378 e. The Morgan fingerprint density at radius 2 is 1.85 bits per heavy atom. The van der Waals surface area contributed by atoms with Crippen LogP contribution in [-0.4, -0.2) is 28.9 Å². The van der Waals surface area contributed by atoms with Gasteiger partial charge < -0.3 is 4.90 Å². The first-order valence-corrected chi connectivity index (χ1v) is 9.64. The van der Waals surface area contributed by atoms with Crippen molar-refractivity contribution in [1.29, 1.82) is 0 Å². The SMILES string of the molecule is C=CCn1c(SCc2ccccc2Cl)nnc1-c1ccc(N(C)C)cc1. The summed E-state index contributed by atoms with van der Waals surface area (Å²) in [6.45, 7) is 4.52. The van der Waals surface area contributed by atoms with Gasteiger partial charge >= 0.3 is 0 Å². The number of halogens is 1. The Morgan fingerprint density at radius 3 is 2.50 bits per heavy atom. The summed E-state index contributed by atoms with van der Waals surface area (Å²) in [4.78, 5) is 2.07. The van der Waals surface area contributed by atoms with Gasteiger partial charge in [-0.2, -0.15) is 0 Å². The van der Waals surface area contributed by atoms with Gasteiger partial charge in [0.1, 0.15) is 0 Å². The zero-order valence-electron chi connectivity index (χ0n) is 14.9. The van der Waals surface area contributed by atoms with Crippen molar-refractivity contribution in [3.8, 4) is 11.4 Å². The molecule has 0 aliphatic heterocycles. The van der Waals surface area contributed by atoms with Crippen molar-refractivity contribution in [2.45, 2.75) is 17.5 Å². The number of benzene rings is 2. The average Bonchev–Trinajstić information content (AvgIpc) is 3.04. The molecule has 0 saturated heterocycles. The van der Waals surface area contributed by atoms with Crippen LogP contribution in [0, 0.1) is 0 Å². The molecular formula is C20H21ClN4S. The lowest BCUT2D eigenvalue weighted by atomic mass is 10.2. The molecule has 1 heterocycles. The molecule has 0 saturated carbocycles. The second-order valence-corrected chi connectivity index (χ2v) is 7.38. The van der Waals surface area contributed by atoms with Gasteiger partial charge in [-0.05, 0) is 35.9 Å². The average molecular weight is 385 g/mol. The molecule has 0 fully saturated rings. The van der Waals surface area contributed by atoms with Crippen molar-refractivity contribution >= 4 is 29.1 Å². The summed E-state index contributed by atoms with van der Waals surface area (Å²) in [5.41, 5.74) is 3.27. The normalized spacial score (nSPS) is 10.7. The summed E-state index contributed by atoms with van der Waals surface area (Å²) < 4.78 is 2.08. The Bertz CT molecular complexity index is 887. The van der Waals surface area contributed by atoms with Crippen LogP contribution >= 0.6 is 23.4 Å². The van der Waals surface area contributed by atoms with Crippen LogP contribution in [0.25, 0.3) is 11.4 Å². The topological polar surface area (TPSA) is 34.0 Å². The van der Waals surface area contributed by atoms with Crippen LogP contribution in [0.4, 0.5) is 5.69 Å². The van der Waals surface area contributed by atoms with Crippen molar-refractivity contribution in [3.05, 3.63) is 71.8 Å². The van der Waals surface area contributed by atoms with Crippen LogP contribution in [0.2, 0.25) is 5.02 Å². The molecule has 1 aromatic heterocycles. The van der Waals surface area contributed by atoms with E-state index in [0.29, 0.717) is 6.54 Å². The van der Waals surface area contributed by atoms with Gasteiger partial charge in [0.15, 0.2) is 11.0 Å². The van der Waals surface area contributed by atoms with Crippen LogP contribution < -0.4 is 4.90 Å². The molecule has 0 amide bonds. The molecule has 26 heavy (non-hydrogen) atoms. The summed E-state index contributed by atoms with van der Waals surface area (Å²) in [5.74, 6) is 1.59. The highest BCUT2D eigenvalue weighted by Crippen LogP contribution is 2.29. The van der Waals surface area contributed by atoms with Crippen molar-refractivity contribution in [2.75, 3.05) is 19.0 Å². The molecule has 0 atom stereocenters. The number of hydrogen-bond acceptors (Lipinski definition) is 4. The number of allylic oxidation sites excluding steroid dienone is 1. The van der Waals surface area contributed by atoms with Gasteiger partial charge in [-0.1, -0.05) is 47.6 Å². The zero-order valence-corrected chi connectivity index (χ0v) is 16.5. The standard InChI is InChI=1S/C20H21ClN4S/c1-4-13-25-19(15-9-11-17(12-10-15)24(2)3)22-23-20(25)26-14-16-7-5-6-8-18(16)21/h4-12H,1,13-14H2,2-3H3. The van der Waals surface area contributed by atoms with Crippen molar-refractivity contribution in [2.24, 2.45) is 0 Å². The first kappa shape index (κ1) is 18.5. The minimum atomic E-state index is 0.655. The van der Waals surface area contributed by atoms with E-state index >= 15 is 0 Å². The third-order valence-electron chi connectivity index (χ3n) is 3.99. The van der Waals surface area contributed by atoms with Gasteiger partial charge in [0.05, 0.1) is 0 Å². The highest BCUT2D eigenvalue weighted by molar-refractivity contribution is 7.98. The fourth-order valence-electron chi connectivity index (χ4n) is 2.57. The number of hydrogen-bond donors (Lipinski definition) is 0. The van der Waals surface area contributed by atoms with Crippen LogP contribution in [0.3, 0.4) is 0 Å². The molecule has 0 bridgehead atoms. The molecular weight excluding hydrogens is 364 g/mol. The summed E-state index contributed by atoms with van der Waals surface area (Å²) in [6, 6.07) is 16.2. The summed E-state index contributed by atoms with van der Waals surface area (Å²) in [7, 11) is 4.05.